The number of rotatable bonds is 5. The van der Waals surface area contributed by atoms with Crippen LogP contribution < -0.4 is 5.32 Å². The van der Waals surface area contributed by atoms with Gasteiger partial charge in [0, 0.05) is 11.1 Å². The standard InChI is InChI=1S/C16H16ClF2N/c1-2-20-16(12-4-3-5-13(17)10-12)9-11-6-7-14(18)15(19)8-11/h3-8,10,16,20H,2,9H2,1H3. The first-order valence-corrected chi connectivity index (χ1v) is 6.90. The van der Waals surface area contributed by atoms with Gasteiger partial charge in [0.05, 0.1) is 0 Å². The molecule has 2 aromatic rings. The Morgan fingerprint density at radius 2 is 1.90 bits per heavy atom. The molecule has 4 heteroatoms. The summed E-state index contributed by atoms with van der Waals surface area (Å²) in [4.78, 5) is 0. The van der Waals surface area contributed by atoms with E-state index < -0.39 is 11.6 Å². The topological polar surface area (TPSA) is 12.0 Å². The van der Waals surface area contributed by atoms with E-state index in [0.29, 0.717) is 11.4 Å². The minimum atomic E-state index is -0.823. The molecule has 0 spiro atoms. The van der Waals surface area contributed by atoms with Crippen molar-refractivity contribution in [1.82, 2.24) is 5.32 Å². The van der Waals surface area contributed by atoms with E-state index in [0.717, 1.165) is 23.7 Å². The summed E-state index contributed by atoms with van der Waals surface area (Å²) in [6.07, 6.45) is 0.575. The number of benzene rings is 2. The van der Waals surface area contributed by atoms with Crippen LogP contribution in [0.4, 0.5) is 8.78 Å². The van der Waals surface area contributed by atoms with Crippen molar-refractivity contribution in [2.75, 3.05) is 6.54 Å². The molecule has 2 rings (SSSR count). The van der Waals surface area contributed by atoms with E-state index in [1.807, 2.05) is 31.2 Å². The highest BCUT2D eigenvalue weighted by molar-refractivity contribution is 6.30. The van der Waals surface area contributed by atoms with Gasteiger partial charge in [0.1, 0.15) is 0 Å². The molecule has 106 valence electrons. The summed E-state index contributed by atoms with van der Waals surface area (Å²) >= 11 is 6.00. The normalized spacial score (nSPS) is 12.4. The van der Waals surface area contributed by atoms with Gasteiger partial charge in [-0.15, -0.1) is 0 Å². The highest BCUT2D eigenvalue weighted by Gasteiger charge is 2.13. The first-order chi connectivity index (χ1) is 9.60. The molecule has 2 aromatic carbocycles. The Balaban J connectivity index is 2.22. The highest BCUT2D eigenvalue weighted by Crippen LogP contribution is 2.22. The second kappa shape index (κ2) is 6.82. The van der Waals surface area contributed by atoms with Crippen LogP contribution in [0.25, 0.3) is 0 Å². The van der Waals surface area contributed by atoms with Gasteiger partial charge in [-0.25, -0.2) is 8.78 Å². The molecular weight excluding hydrogens is 280 g/mol. The fraction of sp³-hybridized carbons (Fsp3) is 0.250. The molecule has 1 nitrogen and oxygen atoms in total. The monoisotopic (exact) mass is 295 g/mol. The van der Waals surface area contributed by atoms with E-state index in [9.17, 15) is 8.78 Å². The summed E-state index contributed by atoms with van der Waals surface area (Å²) in [5.74, 6) is -1.64. The Labute approximate surface area is 122 Å². The molecule has 1 atom stereocenters. The molecule has 0 aliphatic carbocycles. The third-order valence-electron chi connectivity index (χ3n) is 3.13. The van der Waals surface area contributed by atoms with Gasteiger partial charge in [-0.2, -0.15) is 0 Å². The molecule has 0 radical (unpaired) electrons. The van der Waals surface area contributed by atoms with Crippen molar-refractivity contribution in [2.24, 2.45) is 0 Å². The lowest BCUT2D eigenvalue weighted by Crippen LogP contribution is -2.23. The molecular formula is C16H16ClF2N. The number of hydrogen-bond acceptors (Lipinski definition) is 1. The second-order valence-corrected chi connectivity index (χ2v) is 5.05. The molecule has 20 heavy (non-hydrogen) atoms. The Morgan fingerprint density at radius 3 is 2.55 bits per heavy atom. The van der Waals surface area contributed by atoms with Gasteiger partial charge in [0.2, 0.25) is 0 Å². The molecule has 0 amide bonds. The zero-order valence-corrected chi connectivity index (χ0v) is 11.9. The Hall–Kier alpha value is -1.45. The quantitative estimate of drug-likeness (QED) is 0.855. The van der Waals surface area contributed by atoms with Crippen molar-refractivity contribution < 1.29 is 8.78 Å². The Bertz CT molecular complexity index is 586. The van der Waals surface area contributed by atoms with Crippen molar-refractivity contribution in [2.45, 2.75) is 19.4 Å². The van der Waals surface area contributed by atoms with Crippen molar-refractivity contribution in [1.29, 1.82) is 0 Å². The predicted octanol–water partition coefficient (Wildman–Crippen LogP) is 4.51. The molecule has 0 bridgehead atoms. The highest BCUT2D eigenvalue weighted by atomic mass is 35.5. The van der Waals surface area contributed by atoms with Gasteiger partial charge in [0.15, 0.2) is 11.6 Å². The van der Waals surface area contributed by atoms with Crippen molar-refractivity contribution in [3.63, 3.8) is 0 Å². The van der Waals surface area contributed by atoms with Crippen LogP contribution in [0.3, 0.4) is 0 Å². The van der Waals surface area contributed by atoms with Crippen LogP contribution in [0, 0.1) is 11.6 Å². The summed E-state index contributed by atoms with van der Waals surface area (Å²) in [6.45, 7) is 2.78. The fourth-order valence-electron chi connectivity index (χ4n) is 2.18. The van der Waals surface area contributed by atoms with E-state index >= 15 is 0 Å². The minimum Gasteiger partial charge on any atom is -0.310 e. The number of nitrogens with one attached hydrogen (secondary N) is 1. The Kier molecular flexibility index (Phi) is 5.10. The van der Waals surface area contributed by atoms with Crippen molar-refractivity contribution >= 4 is 11.6 Å². The van der Waals surface area contributed by atoms with Gasteiger partial charge in [-0.05, 0) is 48.4 Å². The molecule has 0 saturated heterocycles. The summed E-state index contributed by atoms with van der Waals surface area (Å²) in [6, 6.07) is 11.6. The maximum atomic E-state index is 13.3. The molecule has 0 aliphatic rings. The first-order valence-electron chi connectivity index (χ1n) is 6.53. The molecule has 0 saturated carbocycles. The SMILES string of the molecule is CCNC(Cc1ccc(F)c(F)c1)c1cccc(Cl)c1. The van der Waals surface area contributed by atoms with Gasteiger partial charge in [-0.1, -0.05) is 36.7 Å². The zero-order chi connectivity index (χ0) is 14.5. The van der Waals surface area contributed by atoms with Crippen LogP contribution in [0.2, 0.25) is 5.02 Å². The van der Waals surface area contributed by atoms with E-state index in [2.05, 4.69) is 5.32 Å². The van der Waals surface area contributed by atoms with Crippen LogP contribution >= 0.6 is 11.6 Å². The van der Waals surface area contributed by atoms with Gasteiger partial charge in [-0.3, -0.25) is 0 Å². The summed E-state index contributed by atoms with van der Waals surface area (Å²) < 4.78 is 26.2. The maximum Gasteiger partial charge on any atom is 0.159 e. The van der Waals surface area contributed by atoms with Crippen LogP contribution in [0.15, 0.2) is 42.5 Å². The maximum absolute atomic E-state index is 13.3. The molecule has 1 unspecified atom stereocenters. The van der Waals surface area contributed by atoms with Crippen molar-refractivity contribution in [3.8, 4) is 0 Å². The van der Waals surface area contributed by atoms with E-state index in [1.54, 1.807) is 6.07 Å². The average Bonchev–Trinajstić information content (AvgIpc) is 2.42. The predicted molar refractivity (Wildman–Crippen MR) is 77.9 cm³/mol. The molecule has 0 heterocycles. The number of hydrogen-bond donors (Lipinski definition) is 1. The lowest BCUT2D eigenvalue weighted by molar-refractivity contribution is 0.502. The minimum absolute atomic E-state index is 0.0172. The summed E-state index contributed by atoms with van der Waals surface area (Å²) in [7, 11) is 0. The van der Waals surface area contributed by atoms with Crippen molar-refractivity contribution in [3.05, 3.63) is 70.2 Å². The third-order valence-corrected chi connectivity index (χ3v) is 3.36. The Morgan fingerprint density at radius 1 is 1.10 bits per heavy atom. The molecule has 0 aliphatic heterocycles. The van der Waals surface area contributed by atoms with Gasteiger partial charge in [0.25, 0.3) is 0 Å². The first kappa shape index (κ1) is 14.9. The van der Waals surface area contributed by atoms with E-state index in [1.165, 1.54) is 6.07 Å². The summed E-state index contributed by atoms with van der Waals surface area (Å²) in [5, 5.41) is 4.00. The van der Waals surface area contributed by atoms with Gasteiger partial charge < -0.3 is 5.32 Å². The lowest BCUT2D eigenvalue weighted by Gasteiger charge is -2.19. The van der Waals surface area contributed by atoms with Crippen LogP contribution in [-0.2, 0) is 6.42 Å². The largest absolute Gasteiger partial charge is 0.310 e. The van der Waals surface area contributed by atoms with Crippen LogP contribution in [-0.4, -0.2) is 6.54 Å². The third kappa shape index (κ3) is 3.78. The fourth-order valence-corrected chi connectivity index (χ4v) is 2.38. The average molecular weight is 296 g/mol. The molecule has 0 fully saturated rings. The lowest BCUT2D eigenvalue weighted by atomic mass is 9.98. The summed E-state index contributed by atoms with van der Waals surface area (Å²) in [5.41, 5.74) is 1.78. The molecule has 1 N–H and O–H groups in total. The van der Waals surface area contributed by atoms with Gasteiger partial charge >= 0.3 is 0 Å². The number of halogens is 3. The van der Waals surface area contributed by atoms with E-state index in [4.69, 9.17) is 11.6 Å². The molecule has 0 aromatic heterocycles. The number of likely N-dealkylation sites (N-methyl/N-ethyl adjacent to an activating group) is 1. The zero-order valence-electron chi connectivity index (χ0n) is 11.2. The van der Waals surface area contributed by atoms with Crippen LogP contribution in [0.5, 0.6) is 0 Å². The smallest absolute Gasteiger partial charge is 0.159 e. The second-order valence-electron chi connectivity index (χ2n) is 4.62. The van der Waals surface area contributed by atoms with E-state index in [-0.39, 0.29) is 6.04 Å². The van der Waals surface area contributed by atoms with Crippen LogP contribution in [0.1, 0.15) is 24.1 Å².